The summed E-state index contributed by atoms with van der Waals surface area (Å²) in [5.41, 5.74) is 3.94. The van der Waals surface area contributed by atoms with Gasteiger partial charge in [0.2, 0.25) is 5.91 Å². The Morgan fingerprint density at radius 2 is 1.56 bits per heavy atom. The van der Waals surface area contributed by atoms with Crippen LogP contribution in [0.5, 0.6) is 0 Å². The van der Waals surface area contributed by atoms with Crippen LogP contribution in [-0.2, 0) is 14.8 Å². The lowest BCUT2D eigenvalue weighted by atomic mass is 9.99. The molecule has 12 heteroatoms. The van der Waals surface area contributed by atoms with E-state index >= 15 is 0 Å². The lowest BCUT2D eigenvalue weighted by Crippen LogP contribution is -2.23. The highest BCUT2D eigenvalue weighted by Gasteiger charge is 2.22. The van der Waals surface area contributed by atoms with Crippen molar-refractivity contribution in [2.45, 2.75) is 22.1 Å². The summed E-state index contributed by atoms with van der Waals surface area (Å²) in [6.07, 6.45) is 0. The van der Waals surface area contributed by atoms with E-state index < -0.39 is 15.3 Å². The number of nitrogens with one attached hydrogen (secondary N) is 2. The molecule has 1 amide bonds. The molecule has 9 nitrogen and oxygen atoms in total. The number of carbonyl (C=O) groups is 1. The van der Waals surface area contributed by atoms with Crippen molar-refractivity contribution in [3.63, 3.8) is 0 Å². The van der Waals surface area contributed by atoms with Crippen LogP contribution in [0.4, 0.5) is 11.5 Å². The van der Waals surface area contributed by atoms with Gasteiger partial charge in [-0.05, 0) is 55.0 Å². The maximum absolute atomic E-state index is 13.2. The van der Waals surface area contributed by atoms with Gasteiger partial charge in [-0.25, -0.2) is 13.4 Å². The lowest BCUT2D eigenvalue weighted by molar-refractivity contribution is -0.115. The second kappa shape index (κ2) is 13.0. The zero-order valence-electron chi connectivity index (χ0n) is 22.6. The monoisotopic (exact) mass is 626 g/mol. The summed E-state index contributed by atoms with van der Waals surface area (Å²) in [7, 11) is -3.94. The highest BCUT2D eigenvalue weighted by atomic mass is 35.5. The number of halogens is 1. The molecule has 0 fully saturated rings. The van der Waals surface area contributed by atoms with Crippen molar-refractivity contribution in [1.82, 2.24) is 15.2 Å². The molecule has 43 heavy (non-hydrogen) atoms. The van der Waals surface area contributed by atoms with E-state index in [4.69, 9.17) is 16.6 Å². The summed E-state index contributed by atoms with van der Waals surface area (Å²) in [6, 6.07) is 31.9. The van der Waals surface area contributed by atoms with Gasteiger partial charge in [0.25, 0.3) is 10.0 Å². The second-order valence-electron chi connectivity index (χ2n) is 9.20. The molecule has 0 spiro atoms. The van der Waals surface area contributed by atoms with Crippen molar-refractivity contribution in [3.8, 4) is 28.5 Å². The van der Waals surface area contributed by atoms with E-state index in [1.54, 1.807) is 6.92 Å². The molecule has 0 saturated carbocycles. The molecule has 5 rings (SSSR count). The number of aromatic nitrogens is 3. The zero-order chi connectivity index (χ0) is 30.4. The molecule has 0 aliphatic carbocycles. The molecule has 0 bridgehead atoms. The second-order valence-corrected chi connectivity index (χ2v) is 12.6. The maximum Gasteiger partial charge on any atom is 0.263 e. The van der Waals surface area contributed by atoms with Crippen LogP contribution in [0.25, 0.3) is 22.4 Å². The average molecular weight is 627 g/mol. The first-order valence-electron chi connectivity index (χ1n) is 12.9. The average Bonchev–Trinajstić information content (AvgIpc) is 3.02. The molecule has 1 unspecified atom stereocenters. The van der Waals surface area contributed by atoms with Crippen LogP contribution in [0.2, 0.25) is 5.15 Å². The number of hydrogen-bond acceptors (Lipinski definition) is 8. The van der Waals surface area contributed by atoms with Gasteiger partial charge in [-0.3, -0.25) is 9.52 Å². The quantitative estimate of drug-likeness (QED) is 0.173. The number of hydrogen-bond donors (Lipinski definition) is 2. The number of thioether (sulfide) groups is 1. The zero-order valence-corrected chi connectivity index (χ0v) is 25.0. The minimum absolute atomic E-state index is 0.0183. The Morgan fingerprint density at radius 1 is 0.907 bits per heavy atom. The van der Waals surface area contributed by atoms with Crippen molar-refractivity contribution < 1.29 is 13.2 Å². The molecule has 0 aliphatic heterocycles. The molecule has 0 aliphatic rings. The van der Waals surface area contributed by atoms with Gasteiger partial charge in [0.1, 0.15) is 11.1 Å². The number of nitriles is 1. The number of pyridine rings is 1. The van der Waals surface area contributed by atoms with E-state index in [1.807, 2.05) is 66.7 Å². The third-order valence-electron chi connectivity index (χ3n) is 6.21. The molecule has 2 heterocycles. The number of sulfonamides is 1. The Bertz CT molecular complexity index is 1900. The molecular weight excluding hydrogens is 604 g/mol. The molecule has 2 N–H and O–H groups in total. The van der Waals surface area contributed by atoms with Gasteiger partial charge in [0.15, 0.2) is 11.0 Å². The van der Waals surface area contributed by atoms with E-state index in [0.29, 0.717) is 22.0 Å². The van der Waals surface area contributed by atoms with Crippen LogP contribution >= 0.6 is 23.4 Å². The largest absolute Gasteiger partial charge is 0.325 e. The van der Waals surface area contributed by atoms with Gasteiger partial charge in [0, 0.05) is 16.8 Å². The first kappa shape index (κ1) is 29.7. The molecule has 0 saturated heterocycles. The number of amides is 1. The normalized spacial score (nSPS) is 11.7. The van der Waals surface area contributed by atoms with Gasteiger partial charge in [0.05, 0.1) is 21.4 Å². The molecule has 2 aromatic heterocycles. The van der Waals surface area contributed by atoms with Crippen LogP contribution in [0.1, 0.15) is 12.5 Å². The van der Waals surface area contributed by atoms with E-state index in [-0.39, 0.29) is 21.8 Å². The summed E-state index contributed by atoms with van der Waals surface area (Å²) < 4.78 is 27.8. The van der Waals surface area contributed by atoms with Crippen LogP contribution in [0, 0.1) is 11.3 Å². The van der Waals surface area contributed by atoms with Crippen molar-refractivity contribution in [2.24, 2.45) is 0 Å². The SMILES string of the molecule is CC(Sc1nc(-c2ccccc2)cc(-c2ccccc2)c1C#N)C(=O)Nc1ccc(S(=O)(=O)Nc2ccc(Cl)nn2)cc1. The summed E-state index contributed by atoms with van der Waals surface area (Å²) in [4.78, 5) is 17.9. The summed E-state index contributed by atoms with van der Waals surface area (Å²) in [5, 5.41) is 20.2. The Morgan fingerprint density at radius 3 is 2.16 bits per heavy atom. The number of benzene rings is 3. The van der Waals surface area contributed by atoms with Gasteiger partial charge in [-0.2, -0.15) is 5.26 Å². The van der Waals surface area contributed by atoms with Crippen LogP contribution < -0.4 is 10.0 Å². The van der Waals surface area contributed by atoms with E-state index in [1.165, 1.54) is 48.2 Å². The number of anilines is 2. The molecule has 1 atom stereocenters. The predicted octanol–water partition coefficient (Wildman–Crippen LogP) is 6.65. The molecule has 3 aromatic carbocycles. The fourth-order valence-corrected chi connectivity index (χ4v) is 6.09. The maximum atomic E-state index is 13.2. The van der Waals surface area contributed by atoms with Crippen molar-refractivity contribution >= 4 is 50.8 Å². The van der Waals surface area contributed by atoms with Crippen molar-refractivity contribution in [2.75, 3.05) is 10.0 Å². The van der Waals surface area contributed by atoms with Crippen LogP contribution in [-0.4, -0.2) is 34.8 Å². The Balaban J connectivity index is 1.35. The Kier molecular flexibility index (Phi) is 9.01. The van der Waals surface area contributed by atoms with Gasteiger partial charge in [-0.1, -0.05) is 84.0 Å². The van der Waals surface area contributed by atoms with Gasteiger partial charge in [-0.15, -0.1) is 10.2 Å². The predicted molar refractivity (Wildman–Crippen MR) is 168 cm³/mol. The van der Waals surface area contributed by atoms with Gasteiger partial charge < -0.3 is 5.32 Å². The molecular formula is C31H23ClN6O3S2. The van der Waals surface area contributed by atoms with E-state index in [0.717, 1.165) is 16.7 Å². The minimum atomic E-state index is -3.94. The lowest BCUT2D eigenvalue weighted by Gasteiger charge is -2.16. The molecule has 0 radical (unpaired) electrons. The third kappa shape index (κ3) is 7.18. The standard InChI is InChI=1S/C31H23ClN6O3S2/c1-20(30(39)34-23-12-14-24(15-13-23)43(40,41)38-29-17-16-28(32)36-37-29)42-31-26(19-33)25(21-8-4-2-5-9-21)18-27(35-31)22-10-6-3-7-11-22/h2-18,20H,1H3,(H,34,39)(H,37,38). The minimum Gasteiger partial charge on any atom is -0.325 e. The summed E-state index contributed by atoms with van der Waals surface area (Å²) in [6.45, 7) is 1.72. The van der Waals surface area contributed by atoms with Gasteiger partial charge >= 0.3 is 0 Å². The topological polar surface area (TPSA) is 138 Å². The fraction of sp³-hybridized carbons (Fsp3) is 0.0645. The fourth-order valence-electron chi connectivity index (χ4n) is 4.07. The Hall–Kier alpha value is -4.76. The van der Waals surface area contributed by atoms with E-state index in [9.17, 15) is 18.5 Å². The summed E-state index contributed by atoms with van der Waals surface area (Å²) in [5.74, 6) is -0.322. The first-order valence-corrected chi connectivity index (χ1v) is 15.6. The van der Waals surface area contributed by atoms with Crippen LogP contribution in [0.3, 0.4) is 0 Å². The van der Waals surface area contributed by atoms with Crippen molar-refractivity contribution in [1.29, 1.82) is 5.26 Å². The third-order valence-corrected chi connectivity index (χ3v) is 8.87. The number of nitrogens with zero attached hydrogens (tertiary/aromatic N) is 4. The Labute approximate surface area is 258 Å². The van der Waals surface area contributed by atoms with Crippen molar-refractivity contribution in [3.05, 3.63) is 114 Å². The number of rotatable bonds is 9. The van der Waals surface area contributed by atoms with Crippen LogP contribution in [0.15, 0.2) is 113 Å². The molecule has 5 aromatic rings. The molecule has 214 valence electrons. The highest BCUT2D eigenvalue weighted by Crippen LogP contribution is 2.36. The summed E-state index contributed by atoms with van der Waals surface area (Å²) >= 11 is 6.88. The smallest absolute Gasteiger partial charge is 0.263 e. The number of carbonyl (C=O) groups excluding carboxylic acids is 1. The van der Waals surface area contributed by atoms with E-state index in [2.05, 4.69) is 26.3 Å². The first-order chi connectivity index (χ1) is 20.7. The highest BCUT2D eigenvalue weighted by molar-refractivity contribution is 8.00.